The average Bonchev–Trinajstić information content (AvgIpc) is 2.88. The van der Waals surface area contributed by atoms with Gasteiger partial charge in [0.25, 0.3) is 5.91 Å². The number of ether oxygens (including phenoxy) is 2. The van der Waals surface area contributed by atoms with Crippen LogP contribution in [0.25, 0.3) is 0 Å². The number of amides is 1. The van der Waals surface area contributed by atoms with Crippen LogP contribution in [0.3, 0.4) is 0 Å². The Hall–Kier alpha value is -4.15. The van der Waals surface area contributed by atoms with Gasteiger partial charge in [0.05, 0.1) is 0 Å². The van der Waals surface area contributed by atoms with Crippen molar-refractivity contribution in [3.8, 4) is 11.5 Å². The predicted molar refractivity (Wildman–Crippen MR) is 127 cm³/mol. The van der Waals surface area contributed by atoms with Crippen molar-refractivity contribution in [3.63, 3.8) is 0 Å². The van der Waals surface area contributed by atoms with Crippen LogP contribution in [0, 0.1) is 0 Å². The third-order valence-corrected chi connectivity index (χ3v) is 6.29. The van der Waals surface area contributed by atoms with Crippen LogP contribution in [0.15, 0.2) is 78.9 Å². The molecule has 44 heavy (non-hydrogen) atoms. The van der Waals surface area contributed by atoms with Crippen molar-refractivity contribution in [2.45, 2.75) is 42.5 Å². The molecule has 0 fully saturated rings. The number of hydrogen-bond donors (Lipinski definition) is 2. The first-order valence-electron chi connectivity index (χ1n) is 12.0. The van der Waals surface area contributed by atoms with E-state index in [-0.39, 0.29) is 16.7 Å². The Morgan fingerprint density at radius 2 is 1.07 bits per heavy atom. The fraction of sp³-hybridized carbons (Fsp3) is 0.296. The number of benzene rings is 3. The zero-order valence-corrected chi connectivity index (χ0v) is 21.6. The molecule has 17 heteroatoms. The number of alkyl halides is 12. The Kier molecular flexibility index (Phi) is 9.44. The van der Waals surface area contributed by atoms with Crippen LogP contribution in [0.5, 0.6) is 11.5 Å². The normalized spacial score (nSPS) is 13.4. The van der Waals surface area contributed by atoms with E-state index in [1.807, 2.05) is 0 Å². The zero-order chi connectivity index (χ0) is 33.2. The van der Waals surface area contributed by atoms with Crippen molar-refractivity contribution in [1.82, 2.24) is 5.32 Å². The molecule has 0 unspecified atom stereocenters. The van der Waals surface area contributed by atoms with Gasteiger partial charge in [-0.15, -0.1) is 26.3 Å². The summed E-state index contributed by atoms with van der Waals surface area (Å²) in [7, 11) is 0. The minimum Gasteiger partial charge on any atom is -0.406 e. The number of hydrogen-bond acceptors (Lipinski definition) is 4. The van der Waals surface area contributed by atoms with Gasteiger partial charge < -0.3 is 19.9 Å². The summed E-state index contributed by atoms with van der Waals surface area (Å²) in [6.07, 6.45) is -24.2. The summed E-state index contributed by atoms with van der Waals surface area (Å²) < 4.78 is 166. The molecule has 0 atom stereocenters. The molecule has 0 spiro atoms. The fourth-order valence-electron chi connectivity index (χ4n) is 4.34. The molecule has 2 N–H and O–H groups in total. The summed E-state index contributed by atoms with van der Waals surface area (Å²) in [6.45, 7) is -1.32. The summed E-state index contributed by atoms with van der Waals surface area (Å²) >= 11 is 0. The van der Waals surface area contributed by atoms with Crippen LogP contribution in [0.2, 0.25) is 0 Å². The van der Waals surface area contributed by atoms with Gasteiger partial charge in [0.2, 0.25) is 0 Å². The Morgan fingerprint density at radius 1 is 0.636 bits per heavy atom. The molecular formula is C27H19F12NO4. The predicted octanol–water partition coefficient (Wildman–Crippen LogP) is 6.98. The van der Waals surface area contributed by atoms with E-state index in [9.17, 15) is 62.6 Å². The molecule has 3 rings (SSSR count). The molecule has 240 valence electrons. The third kappa shape index (κ3) is 7.86. The van der Waals surface area contributed by atoms with Crippen LogP contribution in [0.4, 0.5) is 52.7 Å². The molecule has 0 aliphatic carbocycles. The SMILES string of the molecule is O=C(NCC(Cc1ccccc1)(c1cccc(OC(F)(F)F)c1)c1cccc(OC(F)(F)F)c1)C(O)(C(F)(F)F)C(F)(F)F. The van der Waals surface area contributed by atoms with Gasteiger partial charge in [0.15, 0.2) is 0 Å². The van der Waals surface area contributed by atoms with Gasteiger partial charge in [-0.3, -0.25) is 4.79 Å². The lowest BCUT2D eigenvalue weighted by Gasteiger charge is -2.38. The van der Waals surface area contributed by atoms with E-state index >= 15 is 0 Å². The first kappa shape index (κ1) is 34.3. The first-order valence-corrected chi connectivity index (χ1v) is 12.0. The van der Waals surface area contributed by atoms with Gasteiger partial charge in [-0.2, -0.15) is 26.3 Å². The summed E-state index contributed by atoms with van der Waals surface area (Å²) in [5.41, 5.74) is -8.61. The maximum Gasteiger partial charge on any atom is 0.573 e. The van der Waals surface area contributed by atoms with Gasteiger partial charge in [-0.05, 0) is 47.4 Å². The molecule has 0 saturated carbocycles. The maximum absolute atomic E-state index is 13.4. The van der Waals surface area contributed by atoms with E-state index in [4.69, 9.17) is 0 Å². The number of halogens is 12. The van der Waals surface area contributed by atoms with Gasteiger partial charge >= 0.3 is 30.7 Å². The Bertz CT molecular complexity index is 1360. The minimum absolute atomic E-state index is 0.230. The van der Waals surface area contributed by atoms with E-state index in [1.165, 1.54) is 35.6 Å². The second kappa shape index (κ2) is 12.1. The molecule has 0 aliphatic rings. The summed E-state index contributed by atoms with van der Waals surface area (Å²) in [4.78, 5) is 12.5. The number of nitrogens with one attached hydrogen (secondary N) is 1. The smallest absolute Gasteiger partial charge is 0.406 e. The van der Waals surface area contributed by atoms with E-state index < -0.39 is 66.5 Å². The van der Waals surface area contributed by atoms with Crippen molar-refractivity contribution in [3.05, 3.63) is 95.6 Å². The minimum atomic E-state index is -6.58. The van der Waals surface area contributed by atoms with Gasteiger partial charge in [0, 0.05) is 12.0 Å². The van der Waals surface area contributed by atoms with Gasteiger partial charge in [-0.25, -0.2) is 0 Å². The number of carbonyl (C=O) groups is 1. The Labute approximate surface area is 240 Å². The van der Waals surface area contributed by atoms with Gasteiger partial charge in [0.1, 0.15) is 11.5 Å². The lowest BCUT2D eigenvalue weighted by Crippen LogP contribution is -2.66. The zero-order valence-electron chi connectivity index (χ0n) is 21.6. The van der Waals surface area contributed by atoms with Crippen molar-refractivity contribution >= 4 is 5.91 Å². The molecule has 0 aliphatic heterocycles. The fourth-order valence-corrected chi connectivity index (χ4v) is 4.34. The molecule has 0 saturated heterocycles. The summed E-state index contributed by atoms with van der Waals surface area (Å²) in [5.74, 6) is -4.83. The average molecular weight is 649 g/mol. The van der Waals surface area contributed by atoms with E-state index in [2.05, 4.69) is 9.47 Å². The van der Waals surface area contributed by atoms with Crippen LogP contribution < -0.4 is 14.8 Å². The molecule has 0 heterocycles. The second-order valence-electron chi connectivity index (χ2n) is 9.28. The van der Waals surface area contributed by atoms with Gasteiger partial charge in [-0.1, -0.05) is 54.6 Å². The maximum atomic E-state index is 13.4. The Morgan fingerprint density at radius 3 is 1.45 bits per heavy atom. The van der Waals surface area contributed by atoms with Crippen LogP contribution in [0.1, 0.15) is 16.7 Å². The molecule has 0 radical (unpaired) electrons. The lowest BCUT2D eigenvalue weighted by atomic mass is 9.70. The van der Waals surface area contributed by atoms with Crippen molar-refractivity contribution in [2.75, 3.05) is 6.54 Å². The molecule has 0 aromatic heterocycles. The number of rotatable bonds is 9. The van der Waals surface area contributed by atoms with E-state index in [1.54, 1.807) is 0 Å². The third-order valence-electron chi connectivity index (χ3n) is 6.29. The highest BCUT2D eigenvalue weighted by Gasteiger charge is 2.75. The highest BCUT2D eigenvalue weighted by molar-refractivity contribution is 5.87. The van der Waals surface area contributed by atoms with E-state index in [0.29, 0.717) is 12.1 Å². The standard InChI is InChI=1S/C27H19F12NO4/c28-24(29,30)23(42,25(31,32)33)21(41)40-15-22(14-16-6-2-1-3-7-16,17-8-4-10-19(12-17)43-26(34,35)36)18-9-5-11-20(13-18)44-27(37,38)39/h1-13,42H,14-15H2,(H,40,41). The lowest BCUT2D eigenvalue weighted by molar-refractivity contribution is -0.350. The number of carbonyl (C=O) groups excluding carboxylic acids is 1. The van der Waals surface area contributed by atoms with Crippen LogP contribution >= 0.6 is 0 Å². The molecule has 1 amide bonds. The highest BCUT2D eigenvalue weighted by Crippen LogP contribution is 2.44. The largest absolute Gasteiger partial charge is 0.573 e. The van der Waals surface area contributed by atoms with Crippen molar-refractivity contribution < 1.29 is 72.1 Å². The van der Waals surface area contributed by atoms with Crippen LogP contribution in [-0.4, -0.2) is 48.2 Å². The summed E-state index contributed by atoms with van der Waals surface area (Å²) in [5, 5.41) is 10.9. The topological polar surface area (TPSA) is 67.8 Å². The molecule has 3 aromatic carbocycles. The monoisotopic (exact) mass is 649 g/mol. The molecule has 3 aromatic rings. The van der Waals surface area contributed by atoms with Crippen molar-refractivity contribution in [2.24, 2.45) is 0 Å². The van der Waals surface area contributed by atoms with E-state index in [0.717, 1.165) is 36.4 Å². The second-order valence-corrected chi connectivity index (χ2v) is 9.28. The first-order chi connectivity index (χ1) is 20.1. The van der Waals surface area contributed by atoms with Crippen molar-refractivity contribution in [1.29, 1.82) is 0 Å². The Balaban J connectivity index is 2.29. The summed E-state index contributed by atoms with van der Waals surface area (Å²) in [6, 6.07) is 14.2. The van der Waals surface area contributed by atoms with Crippen LogP contribution in [-0.2, 0) is 16.6 Å². The molecule has 5 nitrogen and oxygen atoms in total. The highest BCUT2D eigenvalue weighted by atomic mass is 19.4. The molecule has 0 bridgehead atoms. The molecular weight excluding hydrogens is 630 g/mol. The number of aliphatic hydroxyl groups is 1. The quantitative estimate of drug-likeness (QED) is 0.246.